The lowest BCUT2D eigenvalue weighted by molar-refractivity contribution is 0.0383. The van der Waals surface area contributed by atoms with E-state index in [1.54, 1.807) is 7.11 Å². The van der Waals surface area contributed by atoms with Crippen LogP contribution in [0.15, 0.2) is 24.3 Å². The molecule has 0 aliphatic carbocycles. The van der Waals surface area contributed by atoms with Crippen LogP contribution in [-0.2, 0) is 6.42 Å². The van der Waals surface area contributed by atoms with E-state index in [1.807, 2.05) is 31.2 Å². The van der Waals surface area contributed by atoms with Crippen molar-refractivity contribution in [2.45, 2.75) is 39.2 Å². The van der Waals surface area contributed by atoms with E-state index in [0.29, 0.717) is 12.3 Å². The van der Waals surface area contributed by atoms with Gasteiger partial charge in [-0.1, -0.05) is 32.0 Å². The van der Waals surface area contributed by atoms with E-state index < -0.39 is 5.60 Å². The summed E-state index contributed by atoms with van der Waals surface area (Å²) in [6.45, 7) is 6.13. The van der Waals surface area contributed by atoms with Crippen LogP contribution in [0.2, 0.25) is 0 Å². The van der Waals surface area contributed by atoms with E-state index in [-0.39, 0.29) is 0 Å². The Morgan fingerprint density at radius 3 is 2.50 bits per heavy atom. The molecule has 1 atom stereocenters. The van der Waals surface area contributed by atoms with E-state index in [9.17, 15) is 5.11 Å². The molecular formula is C14H22O2. The molecular weight excluding hydrogens is 200 g/mol. The van der Waals surface area contributed by atoms with Crippen molar-refractivity contribution < 1.29 is 9.84 Å². The number of benzene rings is 1. The quantitative estimate of drug-likeness (QED) is 0.829. The summed E-state index contributed by atoms with van der Waals surface area (Å²) in [5.74, 6) is 1.34. The van der Waals surface area contributed by atoms with E-state index in [2.05, 4.69) is 13.8 Å². The van der Waals surface area contributed by atoms with Crippen molar-refractivity contribution in [3.8, 4) is 5.75 Å². The number of rotatable bonds is 5. The first-order valence-corrected chi connectivity index (χ1v) is 5.79. The summed E-state index contributed by atoms with van der Waals surface area (Å²) < 4.78 is 5.29. The molecule has 1 unspecified atom stereocenters. The summed E-state index contributed by atoms with van der Waals surface area (Å²) >= 11 is 0. The lowest BCUT2D eigenvalue weighted by Gasteiger charge is -2.26. The maximum absolute atomic E-state index is 10.3. The van der Waals surface area contributed by atoms with Crippen molar-refractivity contribution in [2.75, 3.05) is 7.11 Å². The predicted octanol–water partition coefficient (Wildman–Crippen LogP) is 3.03. The molecule has 2 nitrogen and oxygen atoms in total. The number of hydrogen-bond acceptors (Lipinski definition) is 2. The second-order valence-corrected chi connectivity index (χ2v) is 5.08. The summed E-state index contributed by atoms with van der Waals surface area (Å²) in [5.41, 5.74) is 0.402. The minimum absolute atomic E-state index is 0.490. The fraction of sp³-hybridized carbons (Fsp3) is 0.571. The first kappa shape index (κ1) is 13.0. The van der Waals surface area contributed by atoms with E-state index in [1.165, 1.54) is 0 Å². The van der Waals surface area contributed by atoms with Gasteiger partial charge >= 0.3 is 0 Å². The van der Waals surface area contributed by atoms with Crippen molar-refractivity contribution >= 4 is 0 Å². The molecule has 0 aliphatic heterocycles. The van der Waals surface area contributed by atoms with E-state index in [0.717, 1.165) is 17.7 Å². The lowest BCUT2D eigenvalue weighted by atomic mass is 9.88. The lowest BCUT2D eigenvalue weighted by Crippen LogP contribution is -2.29. The molecule has 0 bridgehead atoms. The number of aliphatic hydroxyl groups is 1. The van der Waals surface area contributed by atoms with Crippen molar-refractivity contribution in [3.05, 3.63) is 29.8 Å². The molecule has 1 N–H and O–H groups in total. The van der Waals surface area contributed by atoms with Gasteiger partial charge in [0.25, 0.3) is 0 Å². The van der Waals surface area contributed by atoms with Crippen LogP contribution < -0.4 is 4.74 Å². The van der Waals surface area contributed by atoms with Gasteiger partial charge in [-0.05, 0) is 30.9 Å². The van der Waals surface area contributed by atoms with E-state index in [4.69, 9.17) is 4.74 Å². The second-order valence-electron chi connectivity index (χ2n) is 5.08. The largest absolute Gasteiger partial charge is 0.496 e. The summed E-state index contributed by atoms with van der Waals surface area (Å²) in [4.78, 5) is 0. The Bertz CT molecular complexity index is 329. The molecule has 0 aliphatic rings. The maximum atomic E-state index is 10.3. The zero-order valence-corrected chi connectivity index (χ0v) is 10.7. The van der Waals surface area contributed by atoms with Crippen LogP contribution in [0.5, 0.6) is 5.75 Å². The van der Waals surface area contributed by atoms with Crippen LogP contribution >= 0.6 is 0 Å². The monoisotopic (exact) mass is 222 g/mol. The minimum atomic E-state index is -0.664. The molecule has 0 saturated heterocycles. The Kier molecular flexibility index (Phi) is 4.36. The van der Waals surface area contributed by atoms with Crippen LogP contribution in [0.4, 0.5) is 0 Å². The number of ether oxygens (including phenoxy) is 1. The predicted molar refractivity (Wildman–Crippen MR) is 66.8 cm³/mol. The average Bonchev–Trinajstić information content (AvgIpc) is 2.15. The van der Waals surface area contributed by atoms with Gasteiger partial charge in [-0.2, -0.15) is 0 Å². The third kappa shape index (κ3) is 3.86. The standard InChI is InChI=1S/C14H22O2/c1-11(2)9-14(3,15)10-12-7-5-6-8-13(12)16-4/h5-8,11,15H,9-10H2,1-4H3. The van der Waals surface area contributed by atoms with Gasteiger partial charge in [-0.3, -0.25) is 0 Å². The molecule has 0 radical (unpaired) electrons. The van der Waals surface area contributed by atoms with Crippen molar-refractivity contribution in [2.24, 2.45) is 5.92 Å². The Morgan fingerprint density at radius 2 is 1.94 bits per heavy atom. The highest BCUT2D eigenvalue weighted by molar-refractivity contribution is 5.34. The number of para-hydroxylation sites is 1. The zero-order chi connectivity index (χ0) is 12.2. The van der Waals surface area contributed by atoms with Gasteiger partial charge < -0.3 is 9.84 Å². The fourth-order valence-corrected chi connectivity index (χ4v) is 2.21. The van der Waals surface area contributed by atoms with E-state index >= 15 is 0 Å². The van der Waals surface area contributed by atoms with Crippen LogP contribution in [0, 0.1) is 5.92 Å². The van der Waals surface area contributed by atoms with Crippen molar-refractivity contribution in [1.82, 2.24) is 0 Å². The van der Waals surface area contributed by atoms with Crippen LogP contribution in [-0.4, -0.2) is 17.8 Å². The van der Waals surface area contributed by atoms with Gasteiger partial charge in [-0.15, -0.1) is 0 Å². The van der Waals surface area contributed by atoms with Gasteiger partial charge in [-0.25, -0.2) is 0 Å². The van der Waals surface area contributed by atoms with Gasteiger partial charge in [0.05, 0.1) is 12.7 Å². The average molecular weight is 222 g/mol. The molecule has 0 saturated carbocycles. The maximum Gasteiger partial charge on any atom is 0.122 e. The Balaban J connectivity index is 2.78. The molecule has 2 heteroatoms. The number of hydrogen-bond donors (Lipinski definition) is 1. The van der Waals surface area contributed by atoms with Crippen molar-refractivity contribution in [3.63, 3.8) is 0 Å². The third-order valence-electron chi connectivity index (χ3n) is 2.61. The molecule has 0 aromatic heterocycles. The van der Waals surface area contributed by atoms with Crippen LogP contribution in [0.1, 0.15) is 32.8 Å². The SMILES string of the molecule is COc1ccccc1CC(C)(O)CC(C)C. The first-order valence-electron chi connectivity index (χ1n) is 5.79. The number of methoxy groups -OCH3 is 1. The molecule has 0 spiro atoms. The molecule has 0 amide bonds. The summed E-state index contributed by atoms with van der Waals surface area (Å²) in [5, 5.41) is 10.3. The minimum Gasteiger partial charge on any atom is -0.496 e. The topological polar surface area (TPSA) is 29.5 Å². The third-order valence-corrected chi connectivity index (χ3v) is 2.61. The van der Waals surface area contributed by atoms with Crippen LogP contribution in [0.25, 0.3) is 0 Å². The van der Waals surface area contributed by atoms with Crippen LogP contribution in [0.3, 0.4) is 0 Å². The molecule has 0 fully saturated rings. The fourth-order valence-electron chi connectivity index (χ4n) is 2.21. The smallest absolute Gasteiger partial charge is 0.122 e. The second kappa shape index (κ2) is 5.35. The molecule has 16 heavy (non-hydrogen) atoms. The van der Waals surface area contributed by atoms with Gasteiger partial charge in [0.1, 0.15) is 5.75 Å². The Labute approximate surface area is 98.3 Å². The summed E-state index contributed by atoms with van der Waals surface area (Å²) in [6, 6.07) is 7.86. The van der Waals surface area contributed by atoms with Gasteiger partial charge in [0.2, 0.25) is 0 Å². The van der Waals surface area contributed by atoms with Crippen molar-refractivity contribution in [1.29, 1.82) is 0 Å². The summed E-state index contributed by atoms with van der Waals surface area (Å²) in [7, 11) is 1.66. The molecule has 1 rings (SSSR count). The Morgan fingerprint density at radius 1 is 1.31 bits per heavy atom. The highest BCUT2D eigenvalue weighted by atomic mass is 16.5. The highest BCUT2D eigenvalue weighted by Gasteiger charge is 2.23. The highest BCUT2D eigenvalue weighted by Crippen LogP contribution is 2.26. The molecule has 1 aromatic carbocycles. The first-order chi connectivity index (χ1) is 7.44. The molecule has 1 aromatic rings. The van der Waals surface area contributed by atoms with Gasteiger partial charge in [0, 0.05) is 6.42 Å². The normalized spacial score (nSPS) is 14.9. The molecule has 90 valence electrons. The zero-order valence-electron chi connectivity index (χ0n) is 10.7. The molecule has 0 heterocycles. The Hall–Kier alpha value is -1.02. The van der Waals surface area contributed by atoms with Gasteiger partial charge in [0.15, 0.2) is 0 Å². The summed E-state index contributed by atoms with van der Waals surface area (Å²) in [6.07, 6.45) is 1.43.